The van der Waals surface area contributed by atoms with Crippen LogP contribution in [0.1, 0.15) is 17.4 Å². The Bertz CT molecular complexity index is 953. The van der Waals surface area contributed by atoms with Crippen molar-refractivity contribution in [2.75, 3.05) is 11.9 Å². The molecule has 0 radical (unpaired) electrons. The fourth-order valence-electron chi connectivity index (χ4n) is 2.32. The van der Waals surface area contributed by atoms with Crippen LogP contribution in [0.15, 0.2) is 51.6 Å². The summed E-state index contributed by atoms with van der Waals surface area (Å²) in [6.45, 7) is 1.39. The third-order valence-corrected chi connectivity index (χ3v) is 4.54. The van der Waals surface area contributed by atoms with Crippen LogP contribution in [0.25, 0.3) is 11.3 Å². The fourth-order valence-corrected chi connectivity index (χ4v) is 2.97. The first kappa shape index (κ1) is 18.8. The maximum atomic E-state index is 13.5. The molecule has 0 aliphatic heterocycles. The van der Waals surface area contributed by atoms with Gasteiger partial charge in [0.15, 0.2) is 0 Å². The van der Waals surface area contributed by atoms with Gasteiger partial charge < -0.3 is 20.2 Å². The number of hydrogen-bond donors (Lipinski definition) is 3. The van der Waals surface area contributed by atoms with Gasteiger partial charge in [0.1, 0.15) is 23.4 Å². The summed E-state index contributed by atoms with van der Waals surface area (Å²) in [5.41, 5.74) is 1.50. The number of hydrogen-bond acceptors (Lipinski definition) is 5. The summed E-state index contributed by atoms with van der Waals surface area (Å²) >= 11 is 1.52. The number of benzene rings is 1. The Kier molecular flexibility index (Phi) is 5.68. The minimum Gasteiger partial charge on any atom is -0.458 e. The fraction of sp³-hybridized carbons (Fsp3) is 0.158. The van der Waals surface area contributed by atoms with Crippen molar-refractivity contribution in [3.8, 4) is 11.3 Å². The zero-order chi connectivity index (χ0) is 19.4. The van der Waals surface area contributed by atoms with E-state index in [1.54, 1.807) is 19.1 Å². The summed E-state index contributed by atoms with van der Waals surface area (Å²) in [5.74, 6) is -1.50. The van der Waals surface area contributed by atoms with Crippen LogP contribution in [0.2, 0.25) is 0 Å². The average Bonchev–Trinajstić information content (AvgIpc) is 3.33. The predicted octanol–water partition coefficient (Wildman–Crippen LogP) is 3.24. The summed E-state index contributed by atoms with van der Waals surface area (Å²) in [5, 5.41) is 18.6. The van der Waals surface area contributed by atoms with E-state index in [9.17, 15) is 19.1 Å². The molecule has 27 heavy (non-hydrogen) atoms. The molecule has 0 fully saturated rings. The van der Waals surface area contributed by atoms with Crippen LogP contribution in [0, 0.1) is 12.7 Å². The molecule has 140 valence electrons. The van der Waals surface area contributed by atoms with E-state index in [0.29, 0.717) is 11.3 Å². The van der Waals surface area contributed by atoms with Crippen molar-refractivity contribution >= 4 is 28.8 Å². The third kappa shape index (κ3) is 4.60. The topological polar surface area (TPSA) is 91.6 Å². The van der Waals surface area contributed by atoms with E-state index >= 15 is 0 Å². The van der Waals surface area contributed by atoms with E-state index in [0.717, 1.165) is 11.6 Å². The molecule has 2 amide bonds. The van der Waals surface area contributed by atoms with Crippen molar-refractivity contribution < 1.29 is 23.5 Å². The minimum absolute atomic E-state index is 0.172. The smallest absolute Gasteiger partial charge is 0.313 e. The number of rotatable bonds is 5. The molecule has 2 aromatic heterocycles. The molecule has 8 heteroatoms. The Morgan fingerprint density at radius 1 is 1.22 bits per heavy atom. The van der Waals surface area contributed by atoms with E-state index in [2.05, 4.69) is 10.6 Å². The number of thiophene rings is 1. The Hall–Kier alpha value is -2.97. The highest BCUT2D eigenvalue weighted by Gasteiger charge is 2.18. The molecule has 6 nitrogen and oxygen atoms in total. The molecule has 0 saturated carbocycles. The normalized spacial score (nSPS) is 11.8. The molecule has 3 aromatic rings. The molecule has 0 aliphatic carbocycles. The Morgan fingerprint density at radius 3 is 2.74 bits per heavy atom. The zero-order valence-electron chi connectivity index (χ0n) is 14.4. The Balaban J connectivity index is 1.53. The first-order valence-electron chi connectivity index (χ1n) is 8.09. The van der Waals surface area contributed by atoms with Crippen LogP contribution in [0.3, 0.4) is 0 Å². The van der Waals surface area contributed by atoms with Crippen molar-refractivity contribution in [1.82, 2.24) is 5.32 Å². The summed E-state index contributed by atoms with van der Waals surface area (Å²) in [7, 11) is 0. The lowest BCUT2D eigenvalue weighted by molar-refractivity contribution is -0.136. The molecule has 2 heterocycles. The predicted molar refractivity (Wildman–Crippen MR) is 99.8 cm³/mol. The molecule has 0 spiro atoms. The van der Waals surface area contributed by atoms with Crippen molar-refractivity contribution in [2.45, 2.75) is 13.0 Å². The number of aryl methyl sites for hydroxylation is 1. The lowest BCUT2D eigenvalue weighted by Gasteiger charge is -2.10. The first-order chi connectivity index (χ1) is 12.9. The number of carbonyl (C=O) groups excluding carboxylic acids is 2. The summed E-state index contributed by atoms with van der Waals surface area (Å²) in [4.78, 5) is 23.7. The first-order valence-corrected chi connectivity index (χ1v) is 9.04. The molecule has 1 aromatic carbocycles. The number of halogens is 1. The van der Waals surface area contributed by atoms with Crippen LogP contribution >= 0.6 is 11.3 Å². The number of aliphatic hydroxyl groups is 1. The second kappa shape index (κ2) is 8.15. The van der Waals surface area contributed by atoms with Gasteiger partial charge >= 0.3 is 11.8 Å². The van der Waals surface area contributed by atoms with E-state index in [1.165, 1.54) is 23.5 Å². The summed E-state index contributed by atoms with van der Waals surface area (Å²) in [6, 6.07) is 9.34. The molecule has 0 unspecified atom stereocenters. The number of amides is 2. The number of nitrogens with one attached hydrogen (secondary N) is 2. The van der Waals surface area contributed by atoms with E-state index in [4.69, 9.17) is 4.42 Å². The van der Waals surface area contributed by atoms with Gasteiger partial charge in [0, 0.05) is 16.6 Å². The number of anilines is 1. The second-order valence-electron chi connectivity index (χ2n) is 5.86. The number of furan rings is 1. The Labute approximate surface area is 158 Å². The van der Waals surface area contributed by atoms with Gasteiger partial charge in [-0.25, -0.2) is 4.39 Å². The number of carbonyl (C=O) groups is 2. The molecule has 0 saturated heterocycles. The molecule has 3 rings (SSSR count). The van der Waals surface area contributed by atoms with Gasteiger partial charge in [-0.1, -0.05) is 6.07 Å². The average molecular weight is 388 g/mol. The number of aliphatic hydroxyl groups excluding tert-OH is 1. The lowest BCUT2D eigenvalue weighted by Crippen LogP contribution is -2.37. The quantitative estimate of drug-likeness (QED) is 0.585. The van der Waals surface area contributed by atoms with Gasteiger partial charge in [-0.15, -0.1) is 0 Å². The molecule has 0 aliphatic rings. The van der Waals surface area contributed by atoms with Gasteiger partial charge in [0.25, 0.3) is 0 Å². The van der Waals surface area contributed by atoms with E-state index in [-0.39, 0.29) is 18.0 Å². The highest BCUT2D eigenvalue weighted by atomic mass is 32.1. The van der Waals surface area contributed by atoms with Crippen LogP contribution < -0.4 is 10.6 Å². The summed E-state index contributed by atoms with van der Waals surface area (Å²) < 4.78 is 19.0. The second-order valence-corrected chi connectivity index (χ2v) is 6.64. The molecule has 1 atom stereocenters. The van der Waals surface area contributed by atoms with Crippen LogP contribution in [-0.2, 0) is 9.59 Å². The molecule has 3 N–H and O–H groups in total. The minimum atomic E-state index is -1.11. The van der Waals surface area contributed by atoms with Crippen LogP contribution in [0.4, 0.5) is 10.1 Å². The maximum Gasteiger partial charge on any atom is 0.313 e. The maximum absolute atomic E-state index is 13.5. The van der Waals surface area contributed by atoms with Crippen molar-refractivity contribution in [1.29, 1.82) is 0 Å². The third-order valence-electron chi connectivity index (χ3n) is 3.85. The van der Waals surface area contributed by atoms with Crippen molar-refractivity contribution in [3.63, 3.8) is 0 Å². The van der Waals surface area contributed by atoms with Crippen LogP contribution in [0.5, 0.6) is 0 Å². The zero-order valence-corrected chi connectivity index (χ0v) is 15.2. The largest absolute Gasteiger partial charge is 0.458 e. The van der Waals surface area contributed by atoms with Crippen LogP contribution in [-0.4, -0.2) is 23.5 Å². The van der Waals surface area contributed by atoms with Gasteiger partial charge in [-0.3, -0.25) is 9.59 Å². The monoisotopic (exact) mass is 388 g/mol. The van der Waals surface area contributed by atoms with Crippen molar-refractivity contribution in [3.05, 3.63) is 64.3 Å². The molecular formula is C19H17FN2O4S. The molecular weight excluding hydrogens is 371 g/mol. The Morgan fingerprint density at radius 2 is 2.04 bits per heavy atom. The van der Waals surface area contributed by atoms with Gasteiger partial charge in [-0.2, -0.15) is 11.3 Å². The van der Waals surface area contributed by atoms with Gasteiger partial charge in [-0.05, 0) is 48.2 Å². The van der Waals surface area contributed by atoms with E-state index < -0.39 is 23.7 Å². The van der Waals surface area contributed by atoms with E-state index in [1.807, 2.05) is 16.8 Å². The highest BCUT2D eigenvalue weighted by molar-refractivity contribution is 7.08. The van der Waals surface area contributed by atoms with Crippen molar-refractivity contribution in [2.24, 2.45) is 0 Å². The van der Waals surface area contributed by atoms with Gasteiger partial charge in [0.05, 0.1) is 6.54 Å². The SMILES string of the molecule is Cc1ccc(NC(=O)C(=O)NC[C@@H](O)c2ccc(-c3ccsc3)o2)cc1F. The highest BCUT2D eigenvalue weighted by Crippen LogP contribution is 2.26. The summed E-state index contributed by atoms with van der Waals surface area (Å²) in [6.07, 6.45) is -1.11. The standard InChI is InChI=1S/C19H17FN2O4S/c1-11-2-3-13(8-14(11)20)22-19(25)18(24)21-9-15(23)17-5-4-16(26-17)12-6-7-27-10-12/h2-8,10,15,23H,9H2,1H3,(H,21,24)(H,22,25)/t15-/m1/s1. The molecule has 0 bridgehead atoms. The van der Waals surface area contributed by atoms with Gasteiger partial charge in [0.2, 0.25) is 0 Å². The lowest BCUT2D eigenvalue weighted by atomic mass is 10.2.